The highest BCUT2D eigenvalue weighted by atomic mass is 31.1. The third-order valence-corrected chi connectivity index (χ3v) is 0.768. The fraction of sp³-hybridized carbons (Fsp3) is 0.800. The average molecular weight is 520 g/mol. The van der Waals surface area contributed by atoms with Gasteiger partial charge in [0.1, 0.15) is 0 Å². The summed E-state index contributed by atoms with van der Waals surface area (Å²) >= 11 is 0. The van der Waals surface area contributed by atoms with Gasteiger partial charge in [-0.25, -0.2) is 0 Å². The van der Waals surface area contributed by atoms with Gasteiger partial charge in [0.2, 0.25) is 0 Å². The lowest BCUT2D eigenvalue weighted by Gasteiger charge is -1.96. The smallest absolute Gasteiger partial charge is 0.329 e. The Labute approximate surface area is 162 Å². The van der Waals surface area contributed by atoms with Crippen molar-refractivity contribution in [3.63, 3.8) is 0 Å². The summed E-state index contributed by atoms with van der Waals surface area (Å²) in [6.45, 7) is 6.57. The van der Waals surface area contributed by atoms with Crippen LogP contribution in [0.5, 0.6) is 0 Å². The maximum atomic E-state index is 8.70. The molecule has 0 aromatic rings. The fourth-order valence-corrected chi connectivity index (χ4v) is 0.385. The molecule has 0 aliphatic rings. The van der Waals surface area contributed by atoms with Gasteiger partial charge in [0.15, 0.2) is 0 Å². The maximum Gasteiger partial charge on any atom is 0.692 e. The molecule has 0 heterocycles. The van der Waals surface area contributed by atoms with Crippen molar-refractivity contribution in [1.82, 2.24) is 5.32 Å². The zero-order chi connectivity index (χ0) is 24.1. The molecule has 0 aliphatic heterocycles. The van der Waals surface area contributed by atoms with E-state index in [2.05, 4.69) is 17.0 Å². The molecule has 13 N–H and O–H groups in total. The van der Waals surface area contributed by atoms with Crippen LogP contribution in [0.2, 0.25) is 0 Å². The molecular formula is C5H23N3O15P5+5. The Morgan fingerprint density at radius 1 is 0.643 bits per heavy atom. The van der Waals surface area contributed by atoms with Gasteiger partial charge in [-0.1, -0.05) is 0 Å². The molecule has 0 atom stereocenters. The van der Waals surface area contributed by atoms with E-state index in [1.165, 1.54) is 0 Å². The predicted molar refractivity (Wildman–Crippen MR) is 96.6 cm³/mol. The van der Waals surface area contributed by atoms with Gasteiger partial charge in [0.25, 0.3) is 0 Å². The molecular weight excluding hydrogens is 497 g/mol. The first-order chi connectivity index (χ1) is 12.6. The first-order valence-corrected chi connectivity index (χ1v) is 11.5. The van der Waals surface area contributed by atoms with E-state index in [0.717, 1.165) is 19.6 Å². The predicted octanol–water partition coefficient (Wildman–Crippen LogP) is -2.62. The topological polar surface area (TPSA) is 338 Å². The summed E-state index contributed by atoms with van der Waals surface area (Å²) < 4.78 is 43.5. The van der Waals surface area contributed by atoms with Crippen molar-refractivity contribution < 1.29 is 71.8 Å². The molecule has 0 unspecified atom stereocenters. The Hall–Kier alpha value is -0.310. The van der Waals surface area contributed by atoms with Crippen LogP contribution in [0.4, 0.5) is 0 Å². The third kappa shape index (κ3) is 712. The molecule has 0 radical (unpaired) electrons. The van der Waals surface area contributed by atoms with Crippen LogP contribution in [0.25, 0.3) is 0 Å². The minimum atomic E-state index is -2.87. The summed E-state index contributed by atoms with van der Waals surface area (Å²) in [6, 6.07) is 0. The van der Waals surface area contributed by atoms with Crippen molar-refractivity contribution >= 4 is 48.0 Å². The van der Waals surface area contributed by atoms with Crippen molar-refractivity contribution in [2.45, 2.75) is 0 Å². The molecule has 0 spiro atoms. The molecule has 0 saturated heterocycles. The van der Waals surface area contributed by atoms with Crippen LogP contribution >= 0.6 is 41.3 Å². The fourth-order valence-electron chi connectivity index (χ4n) is 0.385. The molecule has 23 heteroatoms. The minimum absolute atomic E-state index is 0.692. The van der Waals surface area contributed by atoms with E-state index in [1.54, 1.807) is 0 Å². The molecule has 0 saturated carbocycles. The summed E-state index contributed by atoms with van der Waals surface area (Å²) in [7, 11) is -14.4. The van der Waals surface area contributed by atoms with Gasteiger partial charge < -0.3 is 11.1 Å². The number of nitrogens with zero attached hydrogens (tertiary/aromatic N) is 1. The van der Waals surface area contributed by atoms with E-state index in [1.807, 2.05) is 0 Å². The first kappa shape index (κ1) is 41.9. The number of hydrogen-bond acceptors (Lipinski definition) is 8. The average Bonchev–Trinajstić information content (AvgIpc) is 2.40. The Morgan fingerprint density at radius 3 is 1.00 bits per heavy atom. The van der Waals surface area contributed by atoms with Gasteiger partial charge in [-0.15, -0.1) is 48.9 Å². The second kappa shape index (κ2) is 41.1. The lowest BCUT2D eigenvalue weighted by atomic mass is 10.6. The minimum Gasteiger partial charge on any atom is -0.329 e. The Morgan fingerprint density at radius 2 is 0.857 bits per heavy atom. The number of nitrogens with two attached hydrogens (primary N) is 1. The summed E-state index contributed by atoms with van der Waals surface area (Å²) in [4.78, 5) is 74.9. The van der Waals surface area contributed by atoms with Crippen molar-refractivity contribution in [2.24, 2.45) is 10.7 Å². The van der Waals surface area contributed by atoms with E-state index in [4.69, 9.17) is 77.5 Å². The van der Waals surface area contributed by atoms with Crippen LogP contribution in [-0.4, -0.2) is 81.8 Å². The zero-order valence-electron chi connectivity index (χ0n) is 13.8. The second-order valence-electron chi connectivity index (χ2n) is 2.75. The maximum absolute atomic E-state index is 8.70. The van der Waals surface area contributed by atoms with E-state index < -0.39 is 41.3 Å². The SMILES string of the molecule is C=NCCNCCN.O=[P+](O)O.O=[P+](O)O.O=[P+](O)O.O=[P+](O)O.O=[P+](O)O. The Bertz CT molecular complexity index is 335. The Kier molecular flexibility index (Phi) is 61.6. The summed E-state index contributed by atoms with van der Waals surface area (Å²) in [6.07, 6.45) is 0. The van der Waals surface area contributed by atoms with Gasteiger partial charge in [-0.3, -0.25) is 4.99 Å². The van der Waals surface area contributed by atoms with E-state index in [9.17, 15) is 0 Å². The van der Waals surface area contributed by atoms with Crippen molar-refractivity contribution in [2.75, 3.05) is 26.2 Å². The van der Waals surface area contributed by atoms with Crippen LogP contribution in [-0.2, 0) is 22.8 Å². The first-order valence-electron chi connectivity index (χ1n) is 5.66. The van der Waals surface area contributed by atoms with Crippen LogP contribution in [0.15, 0.2) is 4.99 Å². The van der Waals surface area contributed by atoms with Gasteiger partial charge in [0.05, 0.1) is 6.54 Å². The highest BCUT2D eigenvalue weighted by molar-refractivity contribution is 7.31. The quantitative estimate of drug-likeness (QED) is 0.100. The Balaban J connectivity index is -0.0000000536. The van der Waals surface area contributed by atoms with Gasteiger partial charge >= 0.3 is 41.3 Å². The lowest BCUT2D eigenvalue weighted by molar-refractivity contribution is 0.403. The van der Waals surface area contributed by atoms with Crippen LogP contribution in [0.3, 0.4) is 0 Å². The molecule has 0 rings (SSSR count). The van der Waals surface area contributed by atoms with Crippen LogP contribution in [0, 0.1) is 0 Å². The third-order valence-electron chi connectivity index (χ3n) is 0.768. The summed E-state index contributed by atoms with van der Waals surface area (Å²) in [5.74, 6) is 0. The second-order valence-corrected chi connectivity index (χ2v) is 5.28. The number of nitrogens with one attached hydrogen (secondary N) is 1. The summed E-state index contributed by atoms with van der Waals surface area (Å²) in [5.41, 5.74) is 5.20. The molecule has 168 valence electrons. The molecule has 0 fully saturated rings. The van der Waals surface area contributed by atoms with Crippen molar-refractivity contribution in [1.29, 1.82) is 0 Å². The molecule has 28 heavy (non-hydrogen) atoms. The molecule has 0 bridgehead atoms. The largest absolute Gasteiger partial charge is 0.692 e. The molecule has 18 nitrogen and oxygen atoms in total. The molecule has 0 amide bonds. The molecule has 0 aromatic heterocycles. The summed E-state index contributed by atoms with van der Waals surface area (Å²) in [5, 5.41) is 3.08. The van der Waals surface area contributed by atoms with Crippen LogP contribution < -0.4 is 11.1 Å². The van der Waals surface area contributed by atoms with Crippen LogP contribution in [0.1, 0.15) is 0 Å². The molecule has 0 aromatic carbocycles. The van der Waals surface area contributed by atoms with E-state index in [-0.39, 0.29) is 0 Å². The number of rotatable bonds is 5. The zero-order valence-corrected chi connectivity index (χ0v) is 18.3. The highest BCUT2D eigenvalue weighted by Gasteiger charge is 1.94. The standard InChI is InChI=1S/C5H13N3.5HO3P/c1-7-4-5-8-3-2-6;5*1-4(2)3/h8H,1-6H2;5*(H-,1,2,3)/p+5. The van der Waals surface area contributed by atoms with Gasteiger partial charge in [0, 0.05) is 42.5 Å². The van der Waals surface area contributed by atoms with E-state index in [0.29, 0.717) is 6.54 Å². The molecule has 0 aliphatic carbocycles. The highest BCUT2D eigenvalue weighted by Crippen LogP contribution is 1.99. The van der Waals surface area contributed by atoms with Gasteiger partial charge in [-0.2, -0.15) is 0 Å². The number of hydrogen-bond donors (Lipinski definition) is 12. The van der Waals surface area contributed by atoms with Crippen molar-refractivity contribution in [3.8, 4) is 0 Å². The van der Waals surface area contributed by atoms with Gasteiger partial charge in [-0.05, 0) is 6.72 Å². The number of aliphatic imine (C=N–C) groups is 1. The van der Waals surface area contributed by atoms with E-state index >= 15 is 0 Å². The van der Waals surface area contributed by atoms with Crippen molar-refractivity contribution in [3.05, 3.63) is 0 Å². The normalized spacial score (nSPS) is 7.25. The lowest BCUT2D eigenvalue weighted by Crippen LogP contribution is -2.24. The monoisotopic (exact) mass is 520 g/mol.